The van der Waals surface area contributed by atoms with E-state index in [9.17, 15) is 4.79 Å². The third-order valence-electron chi connectivity index (χ3n) is 4.29. The van der Waals surface area contributed by atoms with Gasteiger partial charge >= 0.3 is 0 Å². The van der Waals surface area contributed by atoms with Crippen LogP contribution in [0.4, 0.5) is 0 Å². The molecule has 2 rings (SSSR count). The third kappa shape index (κ3) is 5.02. The van der Waals surface area contributed by atoms with E-state index in [4.69, 9.17) is 9.84 Å². The molecule has 1 aliphatic rings. The van der Waals surface area contributed by atoms with Crippen LogP contribution in [0.25, 0.3) is 0 Å². The van der Waals surface area contributed by atoms with Crippen molar-refractivity contribution >= 4 is 5.91 Å². The maximum absolute atomic E-state index is 11.0. The highest BCUT2D eigenvalue weighted by Crippen LogP contribution is 2.33. The molecule has 0 bridgehead atoms. The van der Waals surface area contributed by atoms with Crippen molar-refractivity contribution in [1.82, 2.24) is 5.32 Å². The molecule has 1 saturated carbocycles. The minimum atomic E-state index is 0.0134. The highest BCUT2D eigenvalue weighted by Gasteiger charge is 2.20. The molecule has 1 fully saturated rings. The fourth-order valence-corrected chi connectivity index (χ4v) is 2.91. The minimum Gasteiger partial charge on any atom is -0.491 e. The molecule has 0 spiro atoms. The first-order valence-electron chi connectivity index (χ1n) is 8.29. The standard InChI is InChI=1S/C18H27NO3/c1-14(21)19-10-4-8-17-16(13-15-5-2-6-15)7-3-9-18(17)22-12-11-20/h3,7,9,15,20H,2,4-6,8,10-13H2,1H3,(H,19,21). The van der Waals surface area contributed by atoms with Crippen molar-refractivity contribution in [2.75, 3.05) is 19.8 Å². The number of ether oxygens (including phenoxy) is 1. The molecule has 0 heterocycles. The molecule has 0 saturated heterocycles. The second kappa shape index (κ2) is 8.79. The Labute approximate surface area is 132 Å². The number of rotatable bonds is 9. The molecule has 4 heteroatoms. The van der Waals surface area contributed by atoms with Gasteiger partial charge in [0.05, 0.1) is 6.61 Å². The lowest BCUT2D eigenvalue weighted by Gasteiger charge is -2.27. The molecular formula is C18H27NO3. The zero-order chi connectivity index (χ0) is 15.8. The Morgan fingerprint density at radius 1 is 1.41 bits per heavy atom. The molecule has 0 unspecified atom stereocenters. The van der Waals surface area contributed by atoms with Crippen LogP contribution in [0, 0.1) is 5.92 Å². The predicted molar refractivity (Wildman–Crippen MR) is 87.1 cm³/mol. The van der Waals surface area contributed by atoms with E-state index in [1.165, 1.54) is 30.4 Å². The SMILES string of the molecule is CC(=O)NCCCc1c(CC2CCC2)cccc1OCCO. The number of hydrogen-bond donors (Lipinski definition) is 2. The first kappa shape index (κ1) is 16.8. The second-order valence-electron chi connectivity index (χ2n) is 6.05. The Bertz CT molecular complexity index is 483. The molecule has 0 aliphatic heterocycles. The predicted octanol–water partition coefficient (Wildman–Crippen LogP) is 2.47. The van der Waals surface area contributed by atoms with Gasteiger partial charge in [-0.05, 0) is 42.4 Å². The zero-order valence-corrected chi connectivity index (χ0v) is 13.4. The summed E-state index contributed by atoms with van der Waals surface area (Å²) in [6.45, 7) is 2.58. The summed E-state index contributed by atoms with van der Waals surface area (Å²) in [5.41, 5.74) is 2.61. The van der Waals surface area contributed by atoms with Crippen LogP contribution >= 0.6 is 0 Å². The van der Waals surface area contributed by atoms with Crippen LogP contribution < -0.4 is 10.1 Å². The van der Waals surface area contributed by atoms with Gasteiger partial charge in [-0.1, -0.05) is 31.4 Å². The Hall–Kier alpha value is -1.55. The first-order valence-corrected chi connectivity index (χ1v) is 8.29. The Kier molecular flexibility index (Phi) is 6.72. The summed E-state index contributed by atoms with van der Waals surface area (Å²) >= 11 is 0. The molecule has 1 aromatic carbocycles. The minimum absolute atomic E-state index is 0.0134. The van der Waals surface area contributed by atoms with Crippen molar-refractivity contribution in [2.45, 2.75) is 45.4 Å². The fourth-order valence-electron chi connectivity index (χ4n) is 2.91. The molecule has 1 aliphatic carbocycles. The van der Waals surface area contributed by atoms with Gasteiger partial charge in [0.15, 0.2) is 0 Å². The van der Waals surface area contributed by atoms with Crippen molar-refractivity contribution in [3.8, 4) is 5.75 Å². The van der Waals surface area contributed by atoms with Gasteiger partial charge in [-0.25, -0.2) is 0 Å². The number of carbonyl (C=O) groups is 1. The summed E-state index contributed by atoms with van der Waals surface area (Å²) in [7, 11) is 0. The monoisotopic (exact) mass is 305 g/mol. The van der Waals surface area contributed by atoms with Gasteiger partial charge in [0.2, 0.25) is 5.91 Å². The molecule has 0 atom stereocenters. The van der Waals surface area contributed by atoms with Crippen molar-refractivity contribution in [3.05, 3.63) is 29.3 Å². The maximum Gasteiger partial charge on any atom is 0.216 e. The fraction of sp³-hybridized carbons (Fsp3) is 0.611. The lowest BCUT2D eigenvalue weighted by molar-refractivity contribution is -0.118. The Morgan fingerprint density at radius 3 is 2.86 bits per heavy atom. The van der Waals surface area contributed by atoms with Crippen LogP contribution in [0.1, 0.15) is 43.7 Å². The molecule has 4 nitrogen and oxygen atoms in total. The van der Waals surface area contributed by atoms with Crippen LogP contribution in [-0.4, -0.2) is 30.8 Å². The van der Waals surface area contributed by atoms with Crippen LogP contribution in [-0.2, 0) is 17.6 Å². The van der Waals surface area contributed by atoms with E-state index in [1.54, 1.807) is 6.92 Å². The zero-order valence-electron chi connectivity index (χ0n) is 13.4. The summed E-state index contributed by atoms with van der Waals surface area (Å²) in [5.74, 6) is 1.70. The van der Waals surface area contributed by atoms with Crippen molar-refractivity contribution in [3.63, 3.8) is 0 Å². The van der Waals surface area contributed by atoms with E-state index in [2.05, 4.69) is 11.4 Å². The summed E-state index contributed by atoms with van der Waals surface area (Å²) in [4.78, 5) is 11.0. The van der Waals surface area contributed by atoms with Crippen LogP contribution in [0.3, 0.4) is 0 Å². The molecule has 2 N–H and O–H groups in total. The van der Waals surface area contributed by atoms with Crippen molar-refractivity contribution in [1.29, 1.82) is 0 Å². The van der Waals surface area contributed by atoms with E-state index in [0.717, 1.165) is 30.9 Å². The number of nitrogens with one attached hydrogen (secondary N) is 1. The smallest absolute Gasteiger partial charge is 0.216 e. The number of aliphatic hydroxyl groups is 1. The van der Waals surface area contributed by atoms with Gasteiger partial charge in [0.25, 0.3) is 0 Å². The second-order valence-corrected chi connectivity index (χ2v) is 6.05. The molecule has 1 amide bonds. The first-order chi connectivity index (χ1) is 10.7. The van der Waals surface area contributed by atoms with Crippen molar-refractivity contribution in [2.24, 2.45) is 5.92 Å². The van der Waals surface area contributed by atoms with E-state index in [-0.39, 0.29) is 12.5 Å². The molecule has 1 aromatic rings. The summed E-state index contributed by atoms with van der Waals surface area (Å²) in [5, 5.41) is 11.8. The number of hydrogen-bond acceptors (Lipinski definition) is 3. The molecule has 22 heavy (non-hydrogen) atoms. The molecule has 0 aromatic heterocycles. The highest BCUT2D eigenvalue weighted by molar-refractivity contribution is 5.72. The molecule has 0 radical (unpaired) electrons. The van der Waals surface area contributed by atoms with E-state index < -0.39 is 0 Å². The Balaban J connectivity index is 2.03. The van der Waals surface area contributed by atoms with Crippen molar-refractivity contribution < 1.29 is 14.6 Å². The maximum atomic E-state index is 11.0. The Morgan fingerprint density at radius 2 is 2.23 bits per heavy atom. The van der Waals surface area contributed by atoms with Gasteiger partial charge in [-0.2, -0.15) is 0 Å². The van der Waals surface area contributed by atoms with E-state index in [0.29, 0.717) is 13.2 Å². The van der Waals surface area contributed by atoms with Crippen LogP contribution in [0.2, 0.25) is 0 Å². The van der Waals surface area contributed by atoms with Gasteiger partial charge in [0, 0.05) is 13.5 Å². The number of amides is 1. The molecular weight excluding hydrogens is 278 g/mol. The van der Waals surface area contributed by atoms with Gasteiger partial charge in [0.1, 0.15) is 12.4 Å². The number of aliphatic hydroxyl groups excluding tert-OH is 1. The number of benzene rings is 1. The van der Waals surface area contributed by atoms with Crippen LogP contribution in [0.15, 0.2) is 18.2 Å². The van der Waals surface area contributed by atoms with Gasteiger partial charge < -0.3 is 15.2 Å². The third-order valence-corrected chi connectivity index (χ3v) is 4.29. The van der Waals surface area contributed by atoms with E-state index in [1.807, 2.05) is 12.1 Å². The summed E-state index contributed by atoms with van der Waals surface area (Å²) in [6.07, 6.45) is 6.91. The van der Waals surface area contributed by atoms with Gasteiger partial charge in [-0.3, -0.25) is 4.79 Å². The largest absolute Gasteiger partial charge is 0.491 e. The lowest BCUT2D eigenvalue weighted by atomic mass is 9.79. The average molecular weight is 305 g/mol. The molecule has 122 valence electrons. The normalized spacial score (nSPS) is 14.5. The summed E-state index contributed by atoms with van der Waals surface area (Å²) < 4.78 is 5.70. The van der Waals surface area contributed by atoms with Crippen LogP contribution in [0.5, 0.6) is 5.75 Å². The lowest BCUT2D eigenvalue weighted by Crippen LogP contribution is -2.21. The van der Waals surface area contributed by atoms with E-state index >= 15 is 0 Å². The number of carbonyl (C=O) groups excluding carboxylic acids is 1. The van der Waals surface area contributed by atoms with Gasteiger partial charge in [-0.15, -0.1) is 0 Å². The highest BCUT2D eigenvalue weighted by atomic mass is 16.5. The topological polar surface area (TPSA) is 58.6 Å². The quantitative estimate of drug-likeness (QED) is 0.689. The average Bonchev–Trinajstić information content (AvgIpc) is 2.46. The summed E-state index contributed by atoms with van der Waals surface area (Å²) in [6, 6.07) is 6.21.